The van der Waals surface area contributed by atoms with Crippen LogP contribution >= 0.6 is 0 Å². The molecule has 1 aromatic rings. The van der Waals surface area contributed by atoms with Crippen molar-refractivity contribution in [3.8, 4) is 0 Å². The van der Waals surface area contributed by atoms with Gasteiger partial charge in [0.15, 0.2) is 15.6 Å². The lowest BCUT2D eigenvalue weighted by molar-refractivity contribution is -0.116. The quantitative estimate of drug-likeness (QED) is 0.586. The number of Topliss-reactive ketones (excluding diaryl/α,β-unsaturated/α-hetero) is 2. The molecule has 16 heavy (non-hydrogen) atoms. The molecule has 0 bridgehead atoms. The number of hydrogen-bond acceptors (Lipinski definition) is 4. The van der Waals surface area contributed by atoms with Gasteiger partial charge in [0.1, 0.15) is 5.78 Å². The summed E-state index contributed by atoms with van der Waals surface area (Å²) in [5.74, 6) is -0.509. The molecule has 0 aromatic heterocycles. The maximum atomic E-state index is 11.4. The molecule has 0 heterocycles. The summed E-state index contributed by atoms with van der Waals surface area (Å²) in [7, 11) is -3.25. The molecule has 0 aliphatic carbocycles. The lowest BCUT2D eigenvalue weighted by Crippen LogP contribution is -2.05. The molecule has 0 N–H and O–H groups in total. The van der Waals surface area contributed by atoms with Gasteiger partial charge in [0, 0.05) is 11.8 Å². The molecule has 0 radical (unpaired) electrons. The second-order valence-electron chi connectivity index (χ2n) is 3.60. The van der Waals surface area contributed by atoms with E-state index in [1.54, 1.807) is 0 Å². The summed E-state index contributed by atoms with van der Waals surface area (Å²) in [6.07, 6.45) is 0.942. The van der Waals surface area contributed by atoms with Gasteiger partial charge in [-0.1, -0.05) is 12.1 Å². The third kappa shape index (κ3) is 3.27. The largest absolute Gasteiger partial charge is 0.300 e. The van der Waals surface area contributed by atoms with Crippen molar-refractivity contribution in [2.75, 3.05) is 6.26 Å². The molecule has 0 amide bonds. The van der Waals surface area contributed by atoms with Crippen molar-refractivity contribution < 1.29 is 18.0 Å². The van der Waals surface area contributed by atoms with Crippen LogP contribution in [0.4, 0.5) is 0 Å². The highest BCUT2D eigenvalue weighted by Gasteiger charge is 2.11. The van der Waals surface area contributed by atoms with Crippen LogP contribution in [0, 0.1) is 0 Å². The van der Waals surface area contributed by atoms with Crippen LogP contribution in [0.15, 0.2) is 29.2 Å². The van der Waals surface area contributed by atoms with E-state index in [2.05, 4.69) is 0 Å². The molecule has 0 unspecified atom stereocenters. The first-order valence-electron chi connectivity index (χ1n) is 4.63. The normalized spacial score (nSPS) is 11.1. The summed E-state index contributed by atoms with van der Waals surface area (Å²) >= 11 is 0. The lowest BCUT2D eigenvalue weighted by Gasteiger charge is -2.01. The fraction of sp³-hybridized carbons (Fsp3) is 0.273. The first-order chi connectivity index (χ1) is 7.30. The predicted molar refractivity (Wildman–Crippen MR) is 59.2 cm³/mol. The van der Waals surface area contributed by atoms with Gasteiger partial charge in [-0.3, -0.25) is 9.59 Å². The van der Waals surface area contributed by atoms with Gasteiger partial charge in [0.05, 0.1) is 11.3 Å². The van der Waals surface area contributed by atoms with Crippen molar-refractivity contribution in [3.63, 3.8) is 0 Å². The highest BCUT2D eigenvalue weighted by molar-refractivity contribution is 7.90. The van der Waals surface area contributed by atoms with Gasteiger partial charge in [-0.25, -0.2) is 8.42 Å². The number of hydrogen-bond donors (Lipinski definition) is 0. The second-order valence-corrected chi connectivity index (χ2v) is 5.61. The first kappa shape index (κ1) is 12.6. The fourth-order valence-corrected chi connectivity index (χ4v) is 1.85. The van der Waals surface area contributed by atoms with E-state index in [-0.39, 0.29) is 22.9 Å². The van der Waals surface area contributed by atoms with E-state index in [1.165, 1.54) is 31.2 Å². The molecule has 0 aliphatic heterocycles. The third-order valence-electron chi connectivity index (χ3n) is 2.01. The zero-order chi connectivity index (χ0) is 12.3. The van der Waals surface area contributed by atoms with Crippen LogP contribution in [0.1, 0.15) is 23.7 Å². The summed E-state index contributed by atoms with van der Waals surface area (Å²) in [6.45, 7) is 1.34. The van der Waals surface area contributed by atoms with E-state index < -0.39 is 9.84 Å². The highest BCUT2D eigenvalue weighted by Crippen LogP contribution is 2.11. The van der Waals surface area contributed by atoms with Gasteiger partial charge in [0.2, 0.25) is 0 Å². The lowest BCUT2D eigenvalue weighted by atomic mass is 10.1. The Morgan fingerprint density at radius 1 is 1.12 bits per heavy atom. The summed E-state index contributed by atoms with van der Waals surface area (Å²) in [5, 5.41) is 0. The average Bonchev–Trinajstić information content (AvgIpc) is 2.15. The van der Waals surface area contributed by atoms with E-state index in [1.807, 2.05) is 0 Å². The molecule has 86 valence electrons. The Labute approximate surface area is 94.2 Å². The standard InChI is InChI=1S/C11H12O4S/c1-8(12)7-11(13)9-3-5-10(6-4-9)16(2,14)15/h3-6H,7H2,1-2H3. The van der Waals surface area contributed by atoms with Crippen molar-refractivity contribution in [2.45, 2.75) is 18.2 Å². The number of ketones is 2. The summed E-state index contributed by atoms with van der Waals surface area (Å²) in [4.78, 5) is 22.3. The molecular formula is C11H12O4S. The van der Waals surface area contributed by atoms with Crippen LogP contribution in [0.2, 0.25) is 0 Å². The molecule has 0 atom stereocenters. The van der Waals surface area contributed by atoms with Gasteiger partial charge >= 0.3 is 0 Å². The molecule has 4 nitrogen and oxygen atoms in total. The topological polar surface area (TPSA) is 68.3 Å². The molecule has 0 saturated heterocycles. The van der Waals surface area contributed by atoms with Crippen molar-refractivity contribution in [2.24, 2.45) is 0 Å². The van der Waals surface area contributed by atoms with E-state index in [0.29, 0.717) is 5.56 Å². The predicted octanol–water partition coefficient (Wildman–Crippen LogP) is 1.25. The summed E-state index contributed by atoms with van der Waals surface area (Å²) < 4.78 is 22.3. The molecule has 0 aliphatic rings. The molecule has 1 aromatic carbocycles. The summed E-state index contributed by atoms with van der Waals surface area (Å²) in [6, 6.07) is 5.56. The van der Waals surface area contributed by atoms with Crippen LogP contribution in [-0.4, -0.2) is 26.2 Å². The number of sulfone groups is 1. The number of rotatable bonds is 4. The Balaban J connectivity index is 2.96. The molecular weight excluding hydrogens is 228 g/mol. The van der Waals surface area contributed by atoms with Crippen LogP contribution < -0.4 is 0 Å². The molecule has 0 fully saturated rings. The Hall–Kier alpha value is -1.49. The minimum atomic E-state index is -3.25. The zero-order valence-corrected chi connectivity index (χ0v) is 9.87. The van der Waals surface area contributed by atoms with Crippen LogP contribution in [0.5, 0.6) is 0 Å². The molecule has 0 spiro atoms. The minimum absolute atomic E-state index is 0.155. The van der Waals surface area contributed by atoms with E-state index in [9.17, 15) is 18.0 Å². The third-order valence-corrected chi connectivity index (χ3v) is 3.14. The smallest absolute Gasteiger partial charge is 0.175 e. The van der Waals surface area contributed by atoms with Crippen molar-refractivity contribution >= 4 is 21.4 Å². The maximum Gasteiger partial charge on any atom is 0.175 e. The molecule has 5 heteroatoms. The molecule has 1 rings (SSSR count). The SMILES string of the molecule is CC(=O)CC(=O)c1ccc(S(C)(=O)=O)cc1. The number of carbonyl (C=O) groups is 2. The first-order valence-corrected chi connectivity index (χ1v) is 6.52. The average molecular weight is 240 g/mol. The Kier molecular flexibility index (Phi) is 3.59. The zero-order valence-electron chi connectivity index (χ0n) is 9.06. The summed E-state index contributed by atoms with van der Waals surface area (Å²) in [5.41, 5.74) is 0.350. The van der Waals surface area contributed by atoms with Gasteiger partial charge in [-0.2, -0.15) is 0 Å². The monoisotopic (exact) mass is 240 g/mol. The van der Waals surface area contributed by atoms with E-state index in [4.69, 9.17) is 0 Å². The van der Waals surface area contributed by atoms with Gasteiger partial charge in [-0.05, 0) is 19.1 Å². The number of carbonyl (C=O) groups excluding carboxylic acids is 2. The number of benzene rings is 1. The van der Waals surface area contributed by atoms with Crippen LogP contribution in [0.25, 0.3) is 0 Å². The van der Waals surface area contributed by atoms with Crippen molar-refractivity contribution in [1.82, 2.24) is 0 Å². The second kappa shape index (κ2) is 4.57. The van der Waals surface area contributed by atoms with Gasteiger partial charge in [0.25, 0.3) is 0 Å². The Bertz CT molecular complexity index is 511. The minimum Gasteiger partial charge on any atom is -0.300 e. The van der Waals surface area contributed by atoms with Crippen LogP contribution in [-0.2, 0) is 14.6 Å². The Morgan fingerprint density at radius 2 is 1.62 bits per heavy atom. The molecule has 0 saturated carbocycles. The Morgan fingerprint density at radius 3 is 2.00 bits per heavy atom. The van der Waals surface area contributed by atoms with Crippen LogP contribution in [0.3, 0.4) is 0 Å². The van der Waals surface area contributed by atoms with Gasteiger partial charge < -0.3 is 0 Å². The van der Waals surface area contributed by atoms with E-state index in [0.717, 1.165) is 6.26 Å². The van der Waals surface area contributed by atoms with Gasteiger partial charge in [-0.15, -0.1) is 0 Å². The fourth-order valence-electron chi connectivity index (χ4n) is 1.22. The maximum absolute atomic E-state index is 11.4. The van der Waals surface area contributed by atoms with Crippen molar-refractivity contribution in [3.05, 3.63) is 29.8 Å². The van der Waals surface area contributed by atoms with Crippen molar-refractivity contribution in [1.29, 1.82) is 0 Å². The van der Waals surface area contributed by atoms with E-state index >= 15 is 0 Å². The highest BCUT2D eigenvalue weighted by atomic mass is 32.2.